The van der Waals surface area contributed by atoms with Gasteiger partial charge in [0.1, 0.15) is 17.2 Å². The Morgan fingerprint density at radius 2 is 1.93 bits per heavy atom. The molecule has 1 atom stereocenters. The van der Waals surface area contributed by atoms with Crippen LogP contribution in [0.5, 0.6) is 5.75 Å². The molecular weight excluding hydrogens is 520 g/mol. The Kier molecular flexibility index (Phi) is 7.45. The summed E-state index contributed by atoms with van der Waals surface area (Å²) in [6.07, 6.45) is 2.19. The van der Waals surface area contributed by atoms with Crippen LogP contribution in [0.2, 0.25) is 0 Å². The summed E-state index contributed by atoms with van der Waals surface area (Å²) in [6.45, 7) is 10.4. The molecule has 6 rings (SSSR count). The van der Waals surface area contributed by atoms with Crippen molar-refractivity contribution in [3.63, 3.8) is 0 Å². The molecule has 2 aliphatic rings. The molecule has 0 saturated carbocycles. The van der Waals surface area contributed by atoms with Gasteiger partial charge in [-0.3, -0.25) is 4.90 Å². The summed E-state index contributed by atoms with van der Waals surface area (Å²) < 4.78 is 12.1. The first kappa shape index (κ1) is 26.7. The third-order valence-electron chi connectivity index (χ3n) is 8.30. The predicted molar refractivity (Wildman–Crippen MR) is 158 cm³/mol. The summed E-state index contributed by atoms with van der Waals surface area (Å²) in [4.78, 5) is 19.4. The number of benzene rings is 2. The van der Waals surface area contributed by atoms with E-state index in [4.69, 9.17) is 14.5 Å². The molecule has 7 heteroatoms. The Hall–Kier alpha value is -3.52. The molecule has 0 radical (unpaired) electrons. The fourth-order valence-electron chi connectivity index (χ4n) is 5.93. The molecule has 2 aromatic heterocycles. The van der Waals surface area contributed by atoms with Crippen LogP contribution in [-0.2, 0) is 24.3 Å². The van der Waals surface area contributed by atoms with Crippen LogP contribution in [0.3, 0.4) is 0 Å². The Labute approximate surface area is 239 Å². The van der Waals surface area contributed by atoms with Gasteiger partial charge in [0.05, 0.1) is 18.0 Å². The molecule has 2 aromatic carbocycles. The number of pyridine rings is 1. The summed E-state index contributed by atoms with van der Waals surface area (Å²) in [7, 11) is 0. The number of aromatic nitrogens is 1. The highest BCUT2D eigenvalue weighted by molar-refractivity contribution is 7.12. The lowest BCUT2D eigenvalue weighted by atomic mass is 9.91. The molecule has 0 spiro atoms. The number of fused-ring (bicyclic) bond motifs is 1. The molecule has 0 bridgehead atoms. The molecule has 40 heavy (non-hydrogen) atoms. The molecule has 1 unspecified atom stereocenters. The number of aryl methyl sites for hydroxylation is 1. The number of ether oxygens (including phenoxy) is 2. The second-order valence-corrected chi connectivity index (χ2v) is 11.7. The van der Waals surface area contributed by atoms with Crippen LogP contribution in [0.15, 0.2) is 53.9 Å². The third kappa shape index (κ3) is 5.17. The molecular formula is C33H34N2O4S. The van der Waals surface area contributed by atoms with E-state index in [1.165, 1.54) is 33.6 Å². The Bertz CT molecular complexity index is 1570. The van der Waals surface area contributed by atoms with E-state index in [1.54, 1.807) is 0 Å². The monoisotopic (exact) mass is 554 g/mol. The van der Waals surface area contributed by atoms with Gasteiger partial charge in [-0.2, -0.15) is 0 Å². The minimum atomic E-state index is -0.905. The van der Waals surface area contributed by atoms with E-state index in [0.29, 0.717) is 17.5 Å². The molecule has 2 aliphatic heterocycles. The van der Waals surface area contributed by atoms with Crippen LogP contribution >= 0.6 is 11.3 Å². The number of carboxylic acid groups (broad SMARTS) is 1. The van der Waals surface area contributed by atoms with E-state index in [1.807, 2.05) is 36.6 Å². The normalized spacial score (nSPS) is 17.1. The molecule has 4 aromatic rings. The Balaban J connectivity index is 1.24. The van der Waals surface area contributed by atoms with E-state index in [2.05, 4.69) is 43.0 Å². The molecule has 206 valence electrons. The van der Waals surface area contributed by atoms with Crippen molar-refractivity contribution in [2.24, 2.45) is 0 Å². The average Bonchev–Trinajstić information content (AvgIpc) is 3.63. The number of aromatic carboxylic acids is 1. The van der Waals surface area contributed by atoms with E-state index in [-0.39, 0.29) is 0 Å². The van der Waals surface area contributed by atoms with E-state index >= 15 is 0 Å². The van der Waals surface area contributed by atoms with Gasteiger partial charge in [-0.1, -0.05) is 29.8 Å². The zero-order chi connectivity index (χ0) is 27.8. The minimum Gasteiger partial charge on any atom is -0.488 e. The fraction of sp³-hybridized carbons (Fsp3) is 0.333. The molecule has 4 heterocycles. The zero-order valence-corrected chi connectivity index (χ0v) is 24.0. The summed E-state index contributed by atoms with van der Waals surface area (Å²) in [5, 5.41) is 11.4. The van der Waals surface area contributed by atoms with Crippen molar-refractivity contribution < 1.29 is 19.4 Å². The maximum absolute atomic E-state index is 11.6. The summed E-state index contributed by atoms with van der Waals surface area (Å²) >= 11 is 1.24. The first-order valence-corrected chi connectivity index (χ1v) is 14.7. The standard InChI is InChI=1S/C33H34N2O4S/c1-20-7-10-31(27(15-20)29-5-4-6-30(34-29)28-19-40-32(22(28)3)33(36)37)39-17-24-9-8-23-16-35(25-12-14-38-18-25)13-11-26(23)21(24)2/h4-10,15,19,25H,11-14,16-18H2,1-3H3,(H,36,37). The fourth-order valence-corrected chi connectivity index (χ4v) is 6.85. The van der Waals surface area contributed by atoms with Crippen molar-refractivity contribution in [1.82, 2.24) is 9.88 Å². The van der Waals surface area contributed by atoms with Crippen molar-refractivity contribution in [2.75, 3.05) is 19.8 Å². The maximum Gasteiger partial charge on any atom is 0.346 e. The van der Waals surface area contributed by atoms with Gasteiger partial charge < -0.3 is 14.6 Å². The molecule has 1 saturated heterocycles. The number of hydrogen-bond donors (Lipinski definition) is 1. The highest BCUT2D eigenvalue weighted by atomic mass is 32.1. The lowest BCUT2D eigenvalue weighted by Gasteiger charge is -2.34. The smallest absolute Gasteiger partial charge is 0.346 e. The highest BCUT2D eigenvalue weighted by Gasteiger charge is 2.27. The number of thiophene rings is 1. The summed E-state index contributed by atoms with van der Waals surface area (Å²) in [5.74, 6) is -0.120. The van der Waals surface area contributed by atoms with Crippen LogP contribution < -0.4 is 4.74 Å². The quantitative estimate of drug-likeness (QED) is 0.270. The van der Waals surface area contributed by atoms with Crippen molar-refractivity contribution in [3.8, 4) is 28.3 Å². The van der Waals surface area contributed by atoms with E-state index in [9.17, 15) is 9.90 Å². The minimum absolute atomic E-state index is 0.350. The van der Waals surface area contributed by atoms with E-state index < -0.39 is 5.97 Å². The molecule has 1 fully saturated rings. The third-order valence-corrected chi connectivity index (χ3v) is 9.37. The van der Waals surface area contributed by atoms with Crippen LogP contribution in [0.25, 0.3) is 22.5 Å². The van der Waals surface area contributed by atoms with Crippen LogP contribution in [0.4, 0.5) is 0 Å². The second kappa shape index (κ2) is 11.2. The van der Waals surface area contributed by atoms with Gasteiger partial charge in [0.25, 0.3) is 0 Å². The largest absolute Gasteiger partial charge is 0.488 e. The van der Waals surface area contributed by atoms with E-state index in [0.717, 1.165) is 78.5 Å². The van der Waals surface area contributed by atoms with Gasteiger partial charge in [0.15, 0.2) is 0 Å². The van der Waals surface area contributed by atoms with Crippen molar-refractivity contribution in [1.29, 1.82) is 0 Å². The molecule has 0 amide bonds. The van der Waals surface area contributed by atoms with Gasteiger partial charge in [-0.15, -0.1) is 11.3 Å². The van der Waals surface area contributed by atoms with Crippen LogP contribution in [-0.4, -0.2) is 46.8 Å². The van der Waals surface area contributed by atoms with Gasteiger partial charge in [0, 0.05) is 42.2 Å². The SMILES string of the molecule is Cc1ccc(OCc2ccc3c(c2C)CCN(C2CCOC2)C3)c(-c2cccc(-c3csc(C(=O)O)c3C)n2)c1. The van der Waals surface area contributed by atoms with Crippen molar-refractivity contribution in [3.05, 3.63) is 92.2 Å². The van der Waals surface area contributed by atoms with Crippen molar-refractivity contribution in [2.45, 2.75) is 52.8 Å². The Morgan fingerprint density at radius 3 is 2.67 bits per heavy atom. The van der Waals surface area contributed by atoms with Crippen molar-refractivity contribution >= 4 is 17.3 Å². The van der Waals surface area contributed by atoms with Gasteiger partial charge >= 0.3 is 5.97 Å². The molecule has 6 nitrogen and oxygen atoms in total. The molecule has 0 aliphatic carbocycles. The Morgan fingerprint density at radius 1 is 1.10 bits per heavy atom. The van der Waals surface area contributed by atoms with Crippen LogP contribution in [0.1, 0.15) is 49.5 Å². The summed E-state index contributed by atoms with van der Waals surface area (Å²) in [6, 6.07) is 17.1. The zero-order valence-electron chi connectivity index (χ0n) is 23.2. The first-order chi connectivity index (χ1) is 19.4. The average molecular weight is 555 g/mol. The second-order valence-electron chi connectivity index (χ2n) is 10.8. The lowest BCUT2D eigenvalue weighted by molar-refractivity contribution is 0.0701. The maximum atomic E-state index is 11.6. The first-order valence-electron chi connectivity index (χ1n) is 13.8. The summed E-state index contributed by atoms with van der Waals surface area (Å²) in [5.41, 5.74) is 10.6. The number of carbonyl (C=O) groups is 1. The highest BCUT2D eigenvalue weighted by Crippen LogP contribution is 2.35. The number of hydrogen-bond acceptors (Lipinski definition) is 6. The predicted octanol–water partition coefficient (Wildman–Crippen LogP) is 6.83. The topological polar surface area (TPSA) is 71.9 Å². The lowest BCUT2D eigenvalue weighted by Crippen LogP contribution is -2.39. The number of nitrogens with zero attached hydrogens (tertiary/aromatic N) is 2. The van der Waals surface area contributed by atoms with Gasteiger partial charge in [0.2, 0.25) is 0 Å². The van der Waals surface area contributed by atoms with Crippen LogP contribution in [0, 0.1) is 20.8 Å². The molecule has 1 N–H and O–H groups in total. The number of rotatable bonds is 7. The van der Waals surface area contributed by atoms with Gasteiger partial charge in [-0.05, 0) is 85.7 Å². The van der Waals surface area contributed by atoms with Gasteiger partial charge in [-0.25, -0.2) is 9.78 Å². The number of carboxylic acids is 1.